The van der Waals surface area contributed by atoms with Gasteiger partial charge in [0.25, 0.3) is 0 Å². The Bertz CT molecular complexity index is 652. The second-order valence-corrected chi connectivity index (χ2v) is 4.21. The van der Waals surface area contributed by atoms with Crippen LogP contribution in [-0.4, -0.2) is 7.11 Å². The number of nitrogens with one attached hydrogen (secondary N) is 1. The van der Waals surface area contributed by atoms with Crippen molar-refractivity contribution in [3.05, 3.63) is 52.8 Å². The Balaban J connectivity index is 2.34. The van der Waals surface area contributed by atoms with Crippen molar-refractivity contribution in [3.8, 4) is 11.8 Å². The lowest BCUT2D eigenvalue weighted by atomic mass is 10.2. The predicted molar refractivity (Wildman–Crippen MR) is 72.4 cm³/mol. The fourth-order valence-corrected chi connectivity index (χ4v) is 1.78. The van der Waals surface area contributed by atoms with Crippen molar-refractivity contribution in [2.45, 2.75) is 0 Å². The SMILES string of the molecule is COc1cc(Nc2ccc(Cl)cc2C#N)ccc1F. The number of benzene rings is 2. The van der Waals surface area contributed by atoms with E-state index in [1.54, 1.807) is 24.3 Å². The van der Waals surface area contributed by atoms with Gasteiger partial charge in [-0.25, -0.2) is 4.39 Å². The molecule has 0 aliphatic rings. The van der Waals surface area contributed by atoms with E-state index < -0.39 is 5.82 Å². The number of rotatable bonds is 3. The molecule has 0 spiro atoms. The summed E-state index contributed by atoms with van der Waals surface area (Å²) < 4.78 is 18.2. The van der Waals surface area contributed by atoms with E-state index in [2.05, 4.69) is 5.32 Å². The Morgan fingerprint density at radius 3 is 2.74 bits per heavy atom. The summed E-state index contributed by atoms with van der Waals surface area (Å²) in [5.41, 5.74) is 1.63. The van der Waals surface area contributed by atoms with Gasteiger partial charge >= 0.3 is 0 Å². The molecule has 0 saturated carbocycles. The minimum absolute atomic E-state index is 0.137. The lowest BCUT2D eigenvalue weighted by Crippen LogP contribution is -1.95. The zero-order valence-corrected chi connectivity index (χ0v) is 10.8. The van der Waals surface area contributed by atoms with Gasteiger partial charge < -0.3 is 10.1 Å². The third-order valence-electron chi connectivity index (χ3n) is 2.53. The van der Waals surface area contributed by atoms with Crippen LogP contribution in [0.25, 0.3) is 0 Å². The number of ether oxygens (including phenoxy) is 1. The van der Waals surface area contributed by atoms with E-state index in [-0.39, 0.29) is 5.75 Å². The average molecular weight is 277 g/mol. The summed E-state index contributed by atoms with van der Waals surface area (Å²) in [5, 5.41) is 12.5. The van der Waals surface area contributed by atoms with E-state index in [4.69, 9.17) is 21.6 Å². The molecular formula is C14H10ClFN2O. The molecule has 1 N–H and O–H groups in total. The maximum absolute atomic E-state index is 13.3. The second-order valence-electron chi connectivity index (χ2n) is 3.78. The van der Waals surface area contributed by atoms with Crippen molar-refractivity contribution in [3.63, 3.8) is 0 Å². The molecule has 5 heteroatoms. The van der Waals surface area contributed by atoms with Gasteiger partial charge in [0.2, 0.25) is 0 Å². The normalized spacial score (nSPS) is 9.79. The van der Waals surface area contributed by atoms with Crippen LogP contribution >= 0.6 is 11.6 Å². The van der Waals surface area contributed by atoms with Crippen LogP contribution in [0.2, 0.25) is 5.02 Å². The Hall–Kier alpha value is -2.25. The van der Waals surface area contributed by atoms with Gasteiger partial charge in [-0.1, -0.05) is 11.6 Å². The number of nitriles is 1. The smallest absolute Gasteiger partial charge is 0.165 e. The Morgan fingerprint density at radius 1 is 1.26 bits per heavy atom. The molecule has 0 aliphatic carbocycles. The monoisotopic (exact) mass is 276 g/mol. The molecule has 19 heavy (non-hydrogen) atoms. The average Bonchev–Trinajstić information content (AvgIpc) is 2.42. The highest BCUT2D eigenvalue weighted by molar-refractivity contribution is 6.30. The number of methoxy groups -OCH3 is 1. The van der Waals surface area contributed by atoms with Gasteiger partial charge in [0.1, 0.15) is 6.07 Å². The van der Waals surface area contributed by atoms with Crippen LogP contribution in [0.5, 0.6) is 5.75 Å². The summed E-state index contributed by atoms with van der Waals surface area (Å²) in [7, 11) is 1.39. The number of hydrogen-bond acceptors (Lipinski definition) is 3. The summed E-state index contributed by atoms with van der Waals surface area (Å²) in [6.45, 7) is 0. The first kappa shape index (κ1) is 13.2. The fourth-order valence-electron chi connectivity index (χ4n) is 1.61. The van der Waals surface area contributed by atoms with E-state index >= 15 is 0 Å². The first-order valence-corrected chi connectivity index (χ1v) is 5.82. The van der Waals surface area contributed by atoms with Crippen molar-refractivity contribution >= 4 is 23.0 Å². The van der Waals surface area contributed by atoms with E-state index in [1.807, 2.05) is 6.07 Å². The first-order chi connectivity index (χ1) is 9.13. The molecule has 96 valence electrons. The Kier molecular flexibility index (Phi) is 3.88. The summed E-state index contributed by atoms with van der Waals surface area (Å²) >= 11 is 5.82. The maximum Gasteiger partial charge on any atom is 0.165 e. The molecule has 0 unspecified atom stereocenters. The molecule has 0 atom stereocenters. The van der Waals surface area contributed by atoms with Gasteiger partial charge in [0.15, 0.2) is 11.6 Å². The van der Waals surface area contributed by atoms with Crippen molar-refractivity contribution in [1.82, 2.24) is 0 Å². The van der Waals surface area contributed by atoms with Gasteiger partial charge in [-0.2, -0.15) is 5.26 Å². The molecule has 2 aromatic rings. The zero-order valence-electron chi connectivity index (χ0n) is 10.1. The predicted octanol–water partition coefficient (Wildman–Crippen LogP) is 4.10. The van der Waals surface area contributed by atoms with Crippen molar-refractivity contribution in [2.75, 3.05) is 12.4 Å². The van der Waals surface area contributed by atoms with Gasteiger partial charge in [0.05, 0.1) is 18.4 Å². The topological polar surface area (TPSA) is 45.0 Å². The molecule has 0 aliphatic heterocycles. The van der Waals surface area contributed by atoms with Crippen LogP contribution in [0.4, 0.5) is 15.8 Å². The molecule has 0 amide bonds. The van der Waals surface area contributed by atoms with E-state index in [9.17, 15) is 4.39 Å². The van der Waals surface area contributed by atoms with Crippen LogP contribution in [0.3, 0.4) is 0 Å². The standard InChI is InChI=1S/C14H10ClFN2O/c1-19-14-7-11(3-4-12(14)16)18-13-5-2-10(15)6-9(13)8-17/h2-7,18H,1H3. The Morgan fingerprint density at radius 2 is 2.05 bits per heavy atom. The van der Waals surface area contributed by atoms with Crippen LogP contribution < -0.4 is 10.1 Å². The molecule has 2 aromatic carbocycles. The first-order valence-electron chi connectivity index (χ1n) is 5.44. The van der Waals surface area contributed by atoms with Crippen LogP contribution in [-0.2, 0) is 0 Å². The molecule has 3 nitrogen and oxygen atoms in total. The molecule has 0 heterocycles. The highest BCUT2D eigenvalue weighted by atomic mass is 35.5. The van der Waals surface area contributed by atoms with E-state index in [0.29, 0.717) is 22.0 Å². The molecular weight excluding hydrogens is 267 g/mol. The lowest BCUT2D eigenvalue weighted by molar-refractivity contribution is 0.387. The van der Waals surface area contributed by atoms with Crippen LogP contribution in [0, 0.1) is 17.1 Å². The van der Waals surface area contributed by atoms with Crippen molar-refractivity contribution in [2.24, 2.45) is 0 Å². The van der Waals surface area contributed by atoms with Crippen molar-refractivity contribution < 1.29 is 9.13 Å². The number of hydrogen-bond donors (Lipinski definition) is 1. The summed E-state index contributed by atoms with van der Waals surface area (Å²) in [4.78, 5) is 0. The van der Waals surface area contributed by atoms with Gasteiger partial charge in [0, 0.05) is 16.8 Å². The van der Waals surface area contributed by atoms with Crippen molar-refractivity contribution in [1.29, 1.82) is 5.26 Å². The number of anilines is 2. The quantitative estimate of drug-likeness (QED) is 0.918. The van der Waals surface area contributed by atoms with Crippen LogP contribution in [0.1, 0.15) is 5.56 Å². The highest BCUT2D eigenvalue weighted by Gasteiger charge is 2.06. The van der Waals surface area contributed by atoms with Crippen LogP contribution in [0.15, 0.2) is 36.4 Å². The molecule has 2 rings (SSSR count). The number of nitrogens with zero attached hydrogens (tertiary/aromatic N) is 1. The highest BCUT2D eigenvalue weighted by Crippen LogP contribution is 2.27. The molecule has 0 bridgehead atoms. The third-order valence-corrected chi connectivity index (χ3v) is 2.77. The van der Waals surface area contributed by atoms with Gasteiger partial charge in [-0.3, -0.25) is 0 Å². The zero-order chi connectivity index (χ0) is 13.8. The number of halogens is 2. The molecule has 0 saturated heterocycles. The van der Waals surface area contributed by atoms with E-state index in [1.165, 1.54) is 19.2 Å². The minimum atomic E-state index is -0.440. The molecule has 0 aromatic heterocycles. The van der Waals surface area contributed by atoms with Gasteiger partial charge in [-0.15, -0.1) is 0 Å². The third kappa shape index (κ3) is 2.95. The Labute approximate surface area is 115 Å². The minimum Gasteiger partial charge on any atom is -0.494 e. The second kappa shape index (κ2) is 5.59. The maximum atomic E-state index is 13.3. The van der Waals surface area contributed by atoms with Gasteiger partial charge in [-0.05, 0) is 30.3 Å². The largest absolute Gasteiger partial charge is 0.494 e. The summed E-state index contributed by atoms with van der Waals surface area (Å²) in [5.74, 6) is -0.304. The fraction of sp³-hybridized carbons (Fsp3) is 0.0714. The lowest BCUT2D eigenvalue weighted by Gasteiger charge is -2.10. The summed E-state index contributed by atoms with van der Waals surface area (Å²) in [6, 6.07) is 11.3. The van der Waals surface area contributed by atoms with E-state index in [0.717, 1.165) is 0 Å². The molecule has 0 fully saturated rings. The molecule has 0 radical (unpaired) electrons. The summed E-state index contributed by atoms with van der Waals surface area (Å²) in [6.07, 6.45) is 0.